The Morgan fingerprint density at radius 2 is 2.23 bits per heavy atom. The Kier molecular flexibility index (Phi) is 2.72. The molecule has 0 radical (unpaired) electrons. The Hall–Kier alpha value is -0.310. The third-order valence-corrected chi connectivity index (χ3v) is 3.37. The predicted molar refractivity (Wildman–Crippen MR) is 58.8 cm³/mol. The highest BCUT2D eigenvalue weighted by Crippen LogP contribution is 2.23. The van der Waals surface area contributed by atoms with Crippen LogP contribution in [0.4, 0.5) is 0 Å². The minimum Gasteiger partial charge on any atom is -0.360 e. The van der Waals surface area contributed by atoms with Gasteiger partial charge in [0.15, 0.2) is 5.11 Å². The van der Waals surface area contributed by atoms with Gasteiger partial charge in [0, 0.05) is 18.6 Å². The highest BCUT2D eigenvalue weighted by atomic mass is 32.1. The number of nitrogens with zero attached hydrogens (tertiary/aromatic N) is 1. The standard InChI is InChI=1S/C10H18N2S/c1-2-9-4-3-7-12(9)10(13)11-8-5-6-8/h8-9H,2-7H2,1H3,(H,11,13). The fourth-order valence-electron chi connectivity index (χ4n) is 2.01. The predicted octanol–water partition coefficient (Wildman–Crippen LogP) is 1.90. The van der Waals surface area contributed by atoms with Crippen LogP contribution in [0.5, 0.6) is 0 Å². The van der Waals surface area contributed by atoms with E-state index in [-0.39, 0.29) is 0 Å². The van der Waals surface area contributed by atoms with Crippen molar-refractivity contribution in [2.75, 3.05) is 6.54 Å². The van der Waals surface area contributed by atoms with Gasteiger partial charge < -0.3 is 10.2 Å². The van der Waals surface area contributed by atoms with Gasteiger partial charge in [-0.15, -0.1) is 0 Å². The van der Waals surface area contributed by atoms with Crippen LogP contribution in [-0.4, -0.2) is 28.6 Å². The van der Waals surface area contributed by atoms with E-state index in [1.54, 1.807) is 0 Å². The molecular formula is C10H18N2S. The van der Waals surface area contributed by atoms with Gasteiger partial charge in [-0.3, -0.25) is 0 Å². The number of likely N-dealkylation sites (tertiary alicyclic amines) is 1. The summed E-state index contributed by atoms with van der Waals surface area (Å²) in [6, 6.07) is 1.41. The molecule has 1 N–H and O–H groups in total. The van der Waals surface area contributed by atoms with Gasteiger partial charge in [0.2, 0.25) is 0 Å². The van der Waals surface area contributed by atoms with E-state index in [2.05, 4.69) is 17.1 Å². The summed E-state index contributed by atoms with van der Waals surface area (Å²) in [6.07, 6.45) is 6.48. The molecule has 74 valence electrons. The minimum atomic E-state index is 0.700. The number of hydrogen-bond donors (Lipinski definition) is 1. The molecule has 2 aliphatic rings. The van der Waals surface area contributed by atoms with Gasteiger partial charge in [0.25, 0.3) is 0 Å². The van der Waals surface area contributed by atoms with Crippen molar-refractivity contribution in [1.82, 2.24) is 10.2 Å². The number of rotatable bonds is 2. The lowest BCUT2D eigenvalue weighted by molar-refractivity contribution is 0.373. The fraction of sp³-hybridized carbons (Fsp3) is 0.900. The van der Waals surface area contributed by atoms with Crippen molar-refractivity contribution in [1.29, 1.82) is 0 Å². The van der Waals surface area contributed by atoms with Crippen molar-refractivity contribution in [3.8, 4) is 0 Å². The maximum Gasteiger partial charge on any atom is 0.169 e. The van der Waals surface area contributed by atoms with Crippen molar-refractivity contribution < 1.29 is 0 Å². The molecule has 0 spiro atoms. The second kappa shape index (κ2) is 3.82. The molecule has 1 saturated carbocycles. The first-order chi connectivity index (χ1) is 6.31. The summed E-state index contributed by atoms with van der Waals surface area (Å²) < 4.78 is 0. The minimum absolute atomic E-state index is 0.700. The highest BCUT2D eigenvalue weighted by Gasteiger charge is 2.28. The van der Waals surface area contributed by atoms with Gasteiger partial charge in [-0.2, -0.15) is 0 Å². The second-order valence-electron chi connectivity index (χ2n) is 4.12. The lowest BCUT2D eigenvalue weighted by Gasteiger charge is -2.26. The van der Waals surface area contributed by atoms with Crippen LogP contribution in [-0.2, 0) is 0 Å². The fourth-order valence-corrected chi connectivity index (χ4v) is 2.42. The lowest BCUT2D eigenvalue weighted by atomic mass is 10.2. The Bertz CT molecular complexity index is 201. The Labute approximate surface area is 85.7 Å². The lowest BCUT2D eigenvalue weighted by Crippen LogP contribution is -2.43. The van der Waals surface area contributed by atoms with E-state index in [0.717, 1.165) is 11.7 Å². The third-order valence-electron chi connectivity index (χ3n) is 3.01. The molecule has 2 fully saturated rings. The highest BCUT2D eigenvalue weighted by molar-refractivity contribution is 7.80. The zero-order valence-corrected chi connectivity index (χ0v) is 9.07. The zero-order valence-electron chi connectivity index (χ0n) is 8.25. The van der Waals surface area contributed by atoms with Crippen molar-refractivity contribution in [2.24, 2.45) is 0 Å². The van der Waals surface area contributed by atoms with E-state index in [9.17, 15) is 0 Å². The maximum absolute atomic E-state index is 5.39. The smallest absolute Gasteiger partial charge is 0.169 e. The number of hydrogen-bond acceptors (Lipinski definition) is 1. The molecule has 1 aliphatic heterocycles. The molecule has 13 heavy (non-hydrogen) atoms. The average molecular weight is 198 g/mol. The van der Waals surface area contributed by atoms with Crippen molar-refractivity contribution in [3.63, 3.8) is 0 Å². The van der Waals surface area contributed by atoms with Gasteiger partial charge in [-0.1, -0.05) is 6.92 Å². The van der Waals surface area contributed by atoms with Crippen molar-refractivity contribution >= 4 is 17.3 Å². The molecule has 0 aromatic rings. The summed E-state index contributed by atoms with van der Waals surface area (Å²) in [4.78, 5) is 2.38. The molecule has 2 rings (SSSR count). The van der Waals surface area contributed by atoms with Crippen LogP contribution in [0, 0.1) is 0 Å². The van der Waals surface area contributed by atoms with Crippen LogP contribution in [0.15, 0.2) is 0 Å². The molecule has 0 aromatic carbocycles. The normalized spacial score (nSPS) is 27.8. The van der Waals surface area contributed by atoms with Crippen molar-refractivity contribution in [3.05, 3.63) is 0 Å². The van der Waals surface area contributed by atoms with Gasteiger partial charge in [0.1, 0.15) is 0 Å². The molecule has 1 atom stereocenters. The van der Waals surface area contributed by atoms with Crippen molar-refractivity contribution in [2.45, 2.75) is 51.1 Å². The first-order valence-electron chi connectivity index (χ1n) is 5.38. The van der Waals surface area contributed by atoms with E-state index >= 15 is 0 Å². The molecule has 1 aliphatic carbocycles. The van der Waals surface area contributed by atoms with Gasteiger partial charge in [0.05, 0.1) is 0 Å². The topological polar surface area (TPSA) is 15.3 Å². The quantitative estimate of drug-likeness (QED) is 0.682. The monoisotopic (exact) mass is 198 g/mol. The van der Waals surface area contributed by atoms with Gasteiger partial charge in [-0.25, -0.2) is 0 Å². The van der Waals surface area contributed by atoms with Crippen LogP contribution >= 0.6 is 12.2 Å². The van der Waals surface area contributed by atoms with E-state index in [1.165, 1.54) is 32.1 Å². The average Bonchev–Trinajstić information content (AvgIpc) is 2.82. The molecule has 3 heteroatoms. The summed E-state index contributed by atoms with van der Waals surface area (Å²) in [5.41, 5.74) is 0. The second-order valence-corrected chi connectivity index (χ2v) is 4.51. The molecule has 0 amide bonds. The molecule has 2 nitrogen and oxygen atoms in total. The summed E-state index contributed by atoms with van der Waals surface area (Å²) >= 11 is 5.39. The van der Waals surface area contributed by atoms with Crippen LogP contribution in [0.25, 0.3) is 0 Å². The Morgan fingerprint density at radius 1 is 1.46 bits per heavy atom. The SMILES string of the molecule is CCC1CCCN1C(=S)NC1CC1. The molecule has 1 saturated heterocycles. The maximum atomic E-state index is 5.39. The summed E-state index contributed by atoms with van der Waals surface area (Å²) in [5, 5.41) is 4.42. The van der Waals surface area contributed by atoms with Gasteiger partial charge in [-0.05, 0) is 44.3 Å². The summed E-state index contributed by atoms with van der Waals surface area (Å²) in [6.45, 7) is 3.42. The molecule has 0 bridgehead atoms. The third kappa shape index (κ3) is 2.13. The van der Waals surface area contributed by atoms with Gasteiger partial charge >= 0.3 is 0 Å². The van der Waals surface area contributed by atoms with E-state index in [1.807, 2.05) is 0 Å². The summed E-state index contributed by atoms with van der Waals surface area (Å²) in [5.74, 6) is 0. The largest absolute Gasteiger partial charge is 0.360 e. The molecule has 1 heterocycles. The first-order valence-corrected chi connectivity index (χ1v) is 5.79. The number of thiocarbonyl (C=S) groups is 1. The molecule has 1 unspecified atom stereocenters. The number of nitrogens with one attached hydrogen (secondary N) is 1. The van der Waals surface area contributed by atoms with Crippen LogP contribution < -0.4 is 5.32 Å². The molecule has 0 aromatic heterocycles. The van der Waals surface area contributed by atoms with E-state index in [4.69, 9.17) is 12.2 Å². The Balaban J connectivity index is 1.86. The van der Waals surface area contributed by atoms with Crippen LogP contribution in [0.3, 0.4) is 0 Å². The Morgan fingerprint density at radius 3 is 2.85 bits per heavy atom. The van der Waals surface area contributed by atoms with E-state index < -0.39 is 0 Å². The first kappa shape index (κ1) is 9.25. The van der Waals surface area contributed by atoms with Crippen LogP contribution in [0.2, 0.25) is 0 Å². The summed E-state index contributed by atoms with van der Waals surface area (Å²) in [7, 11) is 0. The van der Waals surface area contributed by atoms with Crippen LogP contribution in [0.1, 0.15) is 39.0 Å². The molecular weight excluding hydrogens is 180 g/mol. The van der Waals surface area contributed by atoms with E-state index in [0.29, 0.717) is 12.1 Å². The zero-order chi connectivity index (χ0) is 9.26.